The molecule has 0 aromatic heterocycles. The number of benzene rings is 2. The topological polar surface area (TPSA) is 78.5 Å². The summed E-state index contributed by atoms with van der Waals surface area (Å²) in [6, 6.07) is 12.0. The van der Waals surface area contributed by atoms with Crippen molar-refractivity contribution in [3.8, 4) is 16.9 Å². The summed E-state index contributed by atoms with van der Waals surface area (Å²) in [6.45, 7) is 8.70. The predicted octanol–water partition coefficient (Wildman–Crippen LogP) is 2.34. The largest absolute Gasteiger partial charge is 1.00 e. The van der Waals surface area contributed by atoms with Crippen LogP contribution in [0.15, 0.2) is 65.8 Å². The van der Waals surface area contributed by atoms with Gasteiger partial charge in [0, 0.05) is 5.56 Å². The first-order valence-corrected chi connectivity index (χ1v) is 13.2. The Bertz CT molecular complexity index is 1080. The first kappa shape index (κ1) is 31.6. The number of ether oxygens (including phenoxy) is 1. The standard InChI is InChI=1S/C29H37NO4S.Li/c1-20(2)9-8-10-21(3)15-17-34-23-13-14-25(26(19-23)24-12-7-6-11-22(24)4)28(31)30-27(29(32)33)16-18-35-5;/h6-7,9,11-15,19,27H,8,10,16-18H2,1-5H3,(H,30,31)(H,32,33);/q;+1/p-1/b21-15+;/t27-;/m0./s1. The van der Waals surface area contributed by atoms with Crippen molar-refractivity contribution in [2.45, 2.75) is 53.0 Å². The van der Waals surface area contributed by atoms with Crippen molar-refractivity contribution in [3.05, 3.63) is 76.9 Å². The number of thioether (sulfide) groups is 1. The smallest absolute Gasteiger partial charge is 0.548 e. The van der Waals surface area contributed by atoms with E-state index in [2.05, 4.69) is 38.2 Å². The second-order valence-corrected chi connectivity index (χ2v) is 9.82. The number of carbonyl (C=O) groups excluding carboxylic acids is 2. The van der Waals surface area contributed by atoms with Gasteiger partial charge in [0.25, 0.3) is 5.91 Å². The summed E-state index contributed by atoms with van der Waals surface area (Å²) in [5, 5.41) is 14.2. The molecule has 1 N–H and O–H groups in total. The molecule has 0 saturated carbocycles. The van der Waals surface area contributed by atoms with Crippen molar-refractivity contribution in [1.29, 1.82) is 0 Å². The molecule has 1 atom stereocenters. The fourth-order valence-electron chi connectivity index (χ4n) is 3.60. The van der Waals surface area contributed by atoms with E-state index < -0.39 is 17.9 Å². The van der Waals surface area contributed by atoms with E-state index in [4.69, 9.17) is 4.74 Å². The van der Waals surface area contributed by atoms with Crippen LogP contribution in [0.3, 0.4) is 0 Å². The van der Waals surface area contributed by atoms with Crippen molar-refractivity contribution in [3.63, 3.8) is 0 Å². The van der Waals surface area contributed by atoms with Crippen molar-refractivity contribution < 1.29 is 38.3 Å². The van der Waals surface area contributed by atoms with Gasteiger partial charge in [-0.1, -0.05) is 41.5 Å². The Hall–Kier alpha value is -2.39. The van der Waals surface area contributed by atoms with Crippen LogP contribution in [0.2, 0.25) is 0 Å². The zero-order valence-corrected chi connectivity index (χ0v) is 23.2. The molecule has 0 bridgehead atoms. The number of aryl methyl sites for hydroxylation is 1. The molecule has 0 aliphatic rings. The van der Waals surface area contributed by atoms with Crippen LogP contribution in [-0.4, -0.2) is 36.5 Å². The fourth-order valence-corrected chi connectivity index (χ4v) is 4.07. The third kappa shape index (κ3) is 10.3. The van der Waals surface area contributed by atoms with E-state index in [-0.39, 0.29) is 18.9 Å². The van der Waals surface area contributed by atoms with Gasteiger partial charge in [0.1, 0.15) is 12.4 Å². The number of carboxylic acid groups (broad SMARTS) is 1. The average molecular weight is 502 g/mol. The van der Waals surface area contributed by atoms with E-state index in [0.29, 0.717) is 35.7 Å². The summed E-state index contributed by atoms with van der Waals surface area (Å²) in [6.07, 6.45) is 8.48. The maximum Gasteiger partial charge on any atom is 1.00 e. The molecule has 0 unspecified atom stereocenters. The third-order valence-electron chi connectivity index (χ3n) is 5.64. The predicted molar refractivity (Wildman–Crippen MR) is 144 cm³/mol. The Morgan fingerprint density at radius 1 is 1.08 bits per heavy atom. The molecule has 0 saturated heterocycles. The Morgan fingerprint density at radius 2 is 1.81 bits per heavy atom. The molecule has 2 aromatic carbocycles. The second kappa shape index (κ2) is 16.4. The molecule has 36 heavy (non-hydrogen) atoms. The summed E-state index contributed by atoms with van der Waals surface area (Å²) in [4.78, 5) is 24.7. The molecule has 0 heterocycles. The number of carboxylic acids is 1. The minimum Gasteiger partial charge on any atom is -0.548 e. The summed E-state index contributed by atoms with van der Waals surface area (Å²) < 4.78 is 5.98. The van der Waals surface area contributed by atoms with Gasteiger partial charge in [0.05, 0.1) is 12.0 Å². The minimum atomic E-state index is -1.28. The van der Waals surface area contributed by atoms with Gasteiger partial charge in [-0.3, -0.25) is 4.79 Å². The molecule has 0 radical (unpaired) electrons. The summed E-state index contributed by atoms with van der Waals surface area (Å²) >= 11 is 1.52. The SMILES string of the molecule is CSCC[C@H](NC(=O)c1ccc(OC/C=C(\C)CCC=C(C)C)cc1-c1ccccc1C)C(=O)[O-].[Li+]. The van der Waals surface area contributed by atoms with Crippen molar-refractivity contribution in [1.82, 2.24) is 5.32 Å². The Kier molecular flexibility index (Phi) is 14.4. The van der Waals surface area contributed by atoms with Gasteiger partial charge in [-0.05, 0) is 99.9 Å². The van der Waals surface area contributed by atoms with Gasteiger partial charge >= 0.3 is 18.9 Å². The zero-order chi connectivity index (χ0) is 25.8. The van der Waals surface area contributed by atoms with Gasteiger partial charge in [-0.15, -0.1) is 0 Å². The van der Waals surface area contributed by atoms with E-state index in [1.165, 1.54) is 22.9 Å². The van der Waals surface area contributed by atoms with E-state index in [9.17, 15) is 14.7 Å². The molecule has 0 aliphatic heterocycles. The van der Waals surface area contributed by atoms with Gasteiger partial charge in [0.2, 0.25) is 0 Å². The molecule has 0 aliphatic carbocycles. The molecule has 7 heteroatoms. The summed E-state index contributed by atoms with van der Waals surface area (Å²) in [5.74, 6) is -0.471. The normalized spacial score (nSPS) is 11.8. The van der Waals surface area contributed by atoms with E-state index in [0.717, 1.165) is 24.0 Å². The molecule has 0 fully saturated rings. The van der Waals surface area contributed by atoms with E-state index >= 15 is 0 Å². The third-order valence-corrected chi connectivity index (χ3v) is 6.29. The Morgan fingerprint density at radius 3 is 2.44 bits per heavy atom. The van der Waals surface area contributed by atoms with Gasteiger partial charge < -0.3 is 20.0 Å². The van der Waals surface area contributed by atoms with Crippen LogP contribution in [0.25, 0.3) is 11.1 Å². The summed E-state index contributed by atoms with van der Waals surface area (Å²) in [7, 11) is 0. The number of hydrogen-bond donors (Lipinski definition) is 1. The van der Waals surface area contributed by atoms with Crippen LogP contribution in [0, 0.1) is 6.92 Å². The first-order valence-electron chi connectivity index (χ1n) is 11.9. The molecule has 0 spiro atoms. The second-order valence-electron chi connectivity index (χ2n) is 8.83. The molecule has 2 rings (SSSR count). The number of aliphatic carboxylic acids is 1. The number of allylic oxidation sites excluding steroid dienone is 3. The van der Waals surface area contributed by atoms with Crippen molar-refractivity contribution >= 4 is 23.6 Å². The molecular weight excluding hydrogens is 465 g/mol. The fraction of sp³-hybridized carbons (Fsp3) is 0.379. The maximum absolute atomic E-state index is 13.1. The molecule has 5 nitrogen and oxygen atoms in total. The number of carbonyl (C=O) groups is 2. The van der Waals surface area contributed by atoms with Crippen molar-refractivity contribution in [2.75, 3.05) is 18.6 Å². The van der Waals surface area contributed by atoms with Crippen LogP contribution in [-0.2, 0) is 4.79 Å². The Balaban J connectivity index is 0.00000648. The van der Waals surface area contributed by atoms with Gasteiger partial charge in [-0.2, -0.15) is 11.8 Å². The van der Waals surface area contributed by atoms with Crippen LogP contribution >= 0.6 is 11.8 Å². The van der Waals surface area contributed by atoms with Crippen LogP contribution < -0.4 is 34.0 Å². The molecule has 188 valence electrons. The van der Waals surface area contributed by atoms with Crippen molar-refractivity contribution in [2.24, 2.45) is 0 Å². The number of nitrogens with one attached hydrogen (secondary N) is 1. The average Bonchev–Trinajstić information content (AvgIpc) is 2.81. The van der Waals surface area contributed by atoms with E-state index in [1.807, 2.05) is 43.5 Å². The van der Waals surface area contributed by atoms with Crippen LogP contribution in [0.1, 0.15) is 56.0 Å². The first-order chi connectivity index (χ1) is 16.7. The number of amides is 1. The molecular formula is C29H36LiNO4S. The summed E-state index contributed by atoms with van der Waals surface area (Å²) in [5.41, 5.74) is 5.58. The zero-order valence-electron chi connectivity index (χ0n) is 22.4. The number of rotatable bonds is 13. The van der Waals surface area contributed by atoms with Gasteiger partial charge in [0.15, 0.2) is 0 Å². The van der Waals surface area contributed by atoms with Crippen LogP contribution in [0.4, 0.5) is 0 Å². The number of hydrogen-bond acceptors (Lipinski definition) is 5. The maximum atomic E-state index is 13.1. The van der Waals surface area contributed by atoms with Gasteiger partial charge in [-0.25, -0.2) is 0 Å². The quantitative estimate of drug-likeness (QED) is 0.337. The molecule has 1 amide bonds. The van der Waals surface area contributed by atoms with Crippen LogP contribution in [0.5, 0.6) is 5.75 Å². The molecule has 2 aromatic rings. The van der Waals surface area contributed by atoms with E-state index in [1.54, 1.807) is 12.1 Å². The Labute approximate surface area is 232 Å². The minimum absolute atomic E-state index is 0. The monoisotopic (exact) mass is 501 g/mol.